The molecule has 0 spiro atoms. The number of para-hydroxylation sites is 3. The van der Waals surface area contributed by atoms with Crippen molar-refractivity contribution in [3.05, 3.63) is 179 Å². The Morgan fingerprint density at radius 3 is 1.10 bits per heavy atom. The zero-order chi connectivity index (χ0) is 73.6. The van der Waals surface area contributed by atoms with E-state index in [1.165, 1.54) is 0 Å². The van der Waals surface area contributed by atoms with Crippen LogP contribution in [-0.4, -0.2) is 194 Å². The average molecular weight is 1410 g/mol. The van der Waals surface area contributed by atoms with E-state index in [1.54, 1.807) is 27.4 Å². The Labute approximate surface area is 582 Å². The van der Waals surface area contributed by atoms with Crippen molar-refractivity contribution in [2.45, 2.75) is 120 Å². The molecule has 3 atom stereocenters. The lowest BCUT2D eigenvalue weighted by Crippen LogP contribution is -2.37. The van der Waals surface area contributed by atoms with Gasteiger partial charge in [-0.2, -0.15) is 26.3 Å². The molecule has 0 radical (unpaired) electrons. The molecule has 6 aromatic carbocycles. The van der Waals surface area contributed by atoms with Gasteiger partial charge in [-0.3, -0.25) is 9.59 Å². The number of ether oxygens (including phenoxy) is 9. The Morgan fingerprint density at radius 1 is 0.430 bits per heavy atom. The minimum Gasteiger partial charge on any atom is -0.497 e. The first-order valence-corrected chi connectivity index (χ1v) is 32.6. The number of benzene rings is 6. The van der Waals surface area contributed by atoms with Crippen LogP contribution in [0.2, 0.25) is 0 Å². The van der Waals surface area contributed by atoms with Crippen molar-refractivity contribution < 1.29 is 103 Å². The molecule has 6 rings (SSSR count). The highest BCUT2D eigenvalue weighted by Gasteiger charge is 2.42. The number of carbonyl (C=O) groups excluding carboxylic acids is 3. The number of carbonyl (C=O) groups is 5. The molecule has 0 aliphatic rings. The molecule has 0 aliphatic heterocycles. The van der Waals surface area contributed by atoms with Crippen LogP contribution in [0, 0.1) is 0 Å². The molecule has 100 heavy (non-hydrogen) atoms. The molecule has 0 saturated carbocycles. The smallest absolute Gasteiger partial charge is 0.377 e. The minimum atomic E-state index is -3.98. The molecule has 3 unspecified atom stereocenters. The van der Waals surface area contributed by atoms with Crippen LogP contribution in [0.3, 0.4) is 0 Å². The number of carboxylic acid groups (broad SMARTS) is 2. The number of hydrogen-bond acceptors (Lipinski definition) is 17. The van der Waals surface area contributed by atoms with Gasteiger partial charge in [0.2, 0.25) is 0 Å². The molecule has 25 heteroatoms. The van der Waals surface area contributed by atoms with Crippen LogP contribution >= 0.6 is 0 Å². The molecule has 0 amide bonds. The highest BCUT2D eigenvalue weighted by atomic mass is 19.3. The Balaban J connectivity index is 0.000000319. The number of esters is 3. The molecule has 0 bridgehead atoms. The van der Waals surface area contributed by atoms with Crippen molar-refractivity contribution in [2.75, 3.05) is 103 Å². The molecule has 548 valence electrons. The fourth-order valence-corrected chi connectivity index (χ4v) is 9.59. The van der Waals surface area contributed by atoms with E-state index in [0.717, 1.165) is 82.7 Å². The van der Waals surface area contributed by atoms with Gasteiger partial charge in [0.05, 0.1) is 34.2 Å². The van der Waals surface area contributed by atoms with Crippen LogP contribution in [0.25, 0.3) is 0 Å². The van der Waals surface area contributed by atoms with Crippen LogP contribution in [0.1, 0.15) is 78.3 Å². The molecule has 0 saturated heterocycles. The third-order valence-corrected chi connectivity index (χ3v) is 15.3. The number of aryl methyl sites for hydroxylation is 6. The molecule has 0 heterocycles. The summed E-state index contributed by atoms with van der Waals surface area (Å²) in [7, 11) is 16.0. The van der Waals surface area contributed by atoms with Gasteiger partial charge in [-0.25, -0.2) is 14.4 Å². The number of methoxy groups -OCH3 is 3. The van der Waals surface area contributed by atoms with Gasteiger partial charge in [0.1, 0.15) is 72.6 Å². The molecular weight excluding hydrogens is 1310 g/mol. The number of halogens is 6. The van der Waals surface area contributed by atoms with Gasteiger partial charge >= 0.3 is 48.1 Å². The maximum atomic E-state index is 14.1. The maximum Gasteiger partial charge on any atom is 0.377 e. The fourth-order valence-electron chi connectivity index (χ4n) is 9.59. The summed E-state index contributed by atoms with van der Waals surface area (Å²) < 4.78 is 129. The number of nitrogens with zero attached hydrogens (tertiary/aromatic N) is 3. The summed E-state index contributed by atoms with van der Waals surface area (Å²) in [5.41, 5.74) is 6.26. The molecule has 0 aromatic heterocycles. The molecule has 0 aliphatic carbocycles. The van der Waals surface area contributed by atoms with Crippen LogP contribution in [0.15, 0.2) is 146 Å². The van der Waals surface area contributed by atoms with Crippen molar-refractivity contribution in [3.8, 4) is 34.5 Å². The zero-order valence-corrected chi connectivity index (χ0v) is 58.3. The molecule has 2 N–H and O–H groups in total. The van der Waals surface area contributed by atoms with E-state index in [1.807, 2.05) is 197 Å². The second-order valence-corrected chi connectivity index (χ2v) is 24.2. The van der Waals surface area contributed by atoms with Crippen LogP contribution in [0.5, 0.6) is 34.5 Å². The highest BCUT2D eigenvalue weighted by Crippen LogP contribution is 2.29. The minimum absolute atomic E-state index is 0.0163. The van der Waals surface area contributed by atoms with Crippen LogP contribution in [0.4, 0.5) is 26.3 Å². The Morgan fingerprint density at radius 2 is 0.770 bits per heavy atom. The predicted octanol–water partition coefficient (Wildman–Crippen LogP) is 12.4. The Hall–Kier alpha value is -9.07. The van der Waals surface area contributed by atoms with Gasteiger partial charge in [-0.05, 0) is 169 Å². The lowest BCUT2D eigenvalue weighted by molar-refractivity contribution is -0.181. The largest absolute Gasteiger partial charge is 0.497 e. The first kappa shape index (κ1) is 83.4. The van der Waals surface area contributed by atoms with Gasteiger partial charge in [0.15, 0.2) is 0 Å². The van der Waals surface area contributed by atoms with Gasteiger partial charge < -0.3 is 67.5 Å². The summed E-state index contributed by atoms with van der Waals surface area (Å²) in [6.45, 7) is 1.61. The fraction of sp³-hybridized carbons (Fsp3) is 0.453. The second kappa shape index (κ2) is 44.1. The first-order chi connectivity index (χ1) is 47.6. The van der Waals surface area contributed by atoms with Crippen LogP contribution < -0.4 is 28.4 Å². The van der Waals surface area contributed by atoms with Crippen molar-refractivity contribution in [2.24, 2.45) is 0 Å². The van der Waals surface area contributed by atoms with Gasteiger partial charge in [-0.15, -0.1) is 0 Å². The number of aliphatic carboxylic acids is 2. The number of alkyl halides is 6. The maximum absolute atomic E-state index is 14.1. The van der Waals surface area contributed by atoms with E-state index in [2.05, 4.69) is 0 Å². The summed E-state index contributed by atoms with van der Waals surface area (Å²) in [4.78, 5) is 62.4. The predicted molar refractivity (Wildman–Crippen MR) is 366 cm³/mol. The topological polar surface area (TPSA) is 219 Å². The molecular formula is C75H95F6N3O16. The summed E-state index contributed by atoms with van der Waals surface area (Å²) in [6.07, 6.45) is -3.71. The van der Waals surface area contributed by atoms with E-state index in [9.17, 15) is 50.3 Å². The normalized spacial score (nSPS) is 12.2. The van der Waals surface area contributed by atoms with E-state index in [-0.39, 0.29) is 26.2 Å². The molecule has 6 aromatic rings. The third kappa shape index (κ3) is 32.7. The van der Waals surface area contributed by atoms with E-state index < -0.39 is 92.1 Å². The van der Waals surface area contributed by atoms with E-state index in [4.69, 9.17) is 52.8 Å². The van der Waals surface area contributed by atoms with Crippen molar-refractivity contribution in [3.63, 3.8) is 0 Å². The summed E-state index contributed by atoms with van der Waals surface area (Å²) >= 11 is 0. The quantitative estimate of drug-likeness (QED) is 0.0207. The third-order valence-electron chi connectivity index (χ3n) is 15.3. The lowest BCUT2D eigenvalue weighted by Gasteiger charge is -2.23. The lowest BCUT2D eigenvalue weighted by atomic mass is 10.0. The number of rotatable bonds is 42. The van der Waals surface area contributed by atoms with E-state index >= 15 is 0 Å². The van der Waals surface area contributed by atoms with Crippen molar-refractivity contribution in [1.82, 2.24) is 14.7 Å². The number of hydrogen-bond donors (Lipinski definition) is 2. The second-order valence-electron chi connectivity index (χ2n) is 24.2. The van der Waals surface area contributed by atoms with Gasteiger partial charge in [-0.1, -0.05) is 91.0 Å². The Kier molecular flexibility index (Phi) is 36.8. The standard InChI is InChI=1S/2C26H33F2NO6.C23H29F2NO4/c1-29(2)16-14-22(35-24(30)13-15-26(27,28)25(31)32)18-34-23-10-5-4-8-20(23)12-11-19-7-6-9-21(17-19)33-3;1-29(2)16-14-22(35-25(32)26(27,28)15-13-24(30)31)18-34-23-10-5-4-8-20(23)12-11-19-7-6-9-21(17-19)33-3;1-26(2)14-13-20(30-23(27)22(24)25)16-29-21-10-5-4-8-18(21)12-11-17-7-6-9-19(15-17)28-3/h4-10,17,22H,11-16,18H2,1-3H3,(H,31,32);4-10,17,22H,11-16,18H2,1-3H3,(H,30,31);4-10,15,20,22H,11-14,16H2,1-3H3. The van der Waals surface area contributed by atoms with Gasteiger partial charge in [0, 0.05) is 51.7 Å². The SMILES string of the molecule is COc1cccc(CCc2ccccc2OCC(CCN(C)C)OC(=O)C(F)(F)CCC(=O)O)c1.COc1cccc(CCc2ccccc2OCC(CCN(C)C)OC(=O)C(F)F)c1.COc1cccc(CCc2ccccc2OCC(CCN(C)C)OC(=O)CCC(F)(F)C(=O)O)c1. The highest BCUT2D eigenvalue weighted by molar-refractivity contribution is 5.79. The monoisotopic (exact) mass is 1410 g/mol. The van der Waals surface area contributed by atoms with E-state index in [0.29, 0.717) is 56.1 Å². The summed E-state index contributed by atoms with van der Waals surface area (Å²) in [5.74, 6) is -11.4. The first-order valence-electron chi connectivity index (χ1n) is 32.6. The summed E-state index contributed by atoms with van der Waals surface area (Å²) in [5, 5.41) is 17.2. The Bertz CT molecular complexity index is 3430. The van der Waals surface area contributed by atoms with Crippen molar-refractivity contribution in [1.29, 1.82) is 0 Å². The molecule has 0 fully saturated rings. The summed E-state index contributed by atoms with van der Waals surface area (Å²) in [6, 6.07) is 46.0. The van der Waals surface area contributed by atoms with Crippen molar-refractivity contribution >= 4 is 29.8 Å². The van der Waals surface area contributed by atoms with Gasteiger partial charge in [0.25, 0.3) is 0 Å². The van der Waals surface area contributed by atoms with Crippen LogP contribution in [-0.2, 0) is 76.7 Å². The zero-order valence-electron chi connectivity index (χ0n) is 58.3. The molecule has 19 nitrogen and oxygen atoms in total. The number of carboxylic acids is 2. The average Bonchev–Trinajstić information content (AvgIpc) is 0.910.